The van der Waals surface area contributed by atoms with Gasteiger partial charge >= 0.3 is 11.8 Å². The number of imidazole rings is 1. The molecular weight excluding hydrogens is 438 g/mol. The molecular formula is C24H29N5O5. The lowest BCUT2D eigenvalue weighted by Crippen LogP contribution is -2.57. The number of rotatable bonds is 8. The van der Waals surface area contributed by atoms with Gasteiger partial charge in [-0.3, -0.25) is 14.4 Å². The molecule has 2 aromatic rings. The monoisotopic (exact) mass is 467 g/mol. The first-order chi connectivity index (χ1) is 16.2. The van der Waals surface area contributed by atoms with Gasteiger partial charge in [0, 0.05) is 47.7 Å². The number of H-pyrrole nitrogens is 1. The maximum atomic E-state index is 12.5. The molecule has 1 aromatic carbocycles. The Kier molecular flexibility index (Phi) is 7.72. The predicted octanol–water partition coefficient (Wildman–Crippen LogP) is 1.93. The lowest BCUT2D eigenvalue weighted by Gasteiger charge is -2.24. The molecule has 180 valence electrons. The summed E-state index contributed by atoms with van der Waals surface area (Å²) in [5.74, 6) is -0.885. The van der Waals surface area contributed by atoms with Crippen molar-refractivity contribution in [3.05, 3.63) is 59.9 Å². The van der Waals surface area contributed by atoms with E-state index < -0.39 is 23.3 Å². The average molecular weight is 468 g/mol. The summed E-state index contributed by atoms with van der Waals surface area (Å²) < 4.78 is 11.0. The van der Waals surface area contributed by atoms with Gasteiger partial charge in [0.15, 0.2) is 0 Å². The van der Waals surface area contributed by atoms with Crippen molar-refractivity contribution in [2.45, 2.75) is 32.7 Å². The fourth-order valence-corrected chi connectivity index (χ4v) is 3.25. The van der Waals surface area contributed by atoms with Crippen LogP contribution in [0.1, 0.15) is 32.0 Å². The molecule has 0 bridgehead atoms. The standard InChI is InChI=1S/C24H29N5O5/c1-15-5-6-16(13-34-15)19-8-7-17(11-20(19)33-4)28-21(30)22(31)29-24(2,3)23(32)26-10-9-18-12-25-14-27-18/h5-8,11-12,14H,9-10,13H2,1-4H3,(H,25,27)(H,26,32)(H,28,30)(H,29,31). The van der Waals surface area contributed by atoms with Crippen molar-refractivity contribution in [3.63, 3.8) is 0 Å². The second-order valence-corrected chi connectivity index (χ2v) is 8.29. The highest BCUT2D eigenvalue weighted by Gasteiger charge is 2.31. The minimum absolute atomic E-state index is 0.357. The van der Waals surface area contributed by atoms with Crippen LogP contribution in [0.25, 0.3) is 5.57 Å². The Labute approximate surface area is 197 Å². The maximum absolute atomic E-state index is 12.5. The number of hydrogen-bond acceptors (Lipinski definition) is 6. The molecule has 10 nitrogen and oxygen atoms in total. The number of amides is 3. The van der Waals surface area contributed by atoms with Gasteiger partial charge in [0.25, 0.3) is 0 Å². The molecule has 1 aromatic heterocycles. The predicted molar refractivity (Wildman–Crippen MR) is 127 cm³/mol. The number of benzene rings is 1. The van der Waals surface area contributed by atoms with Crippen LogP contribution < -0.4 is 20.7 Å². The van der Waals surface area contributed by atoms with E-state index >= 15 is 0 Å². The van der Waals surface area contributed by atoms with Crippen LogP contribution in [0.3, 0.4) is 0 Å². The topological polar surface area (TPSA) is 134 Å². The first-order valence-electron chi connectivity index (χ1n) is 10.8. The zero-order chi connectivity index (χ0) is 24.7. The molecule has 0 saturated carbocycles. The van der Waals surface area contributed by atoms with Crippen molar-refractivity contribution in [2.24, 2.45) is 0 Å². The summed E-state index contributed by atoms with van der Waals surface area (Å²) in [7, 11) is 1.52. The van der Waals surface area contributed by atoms with Gasteiger partial charge in [-0.2, -0.15) is 0 Å². The molecule has 0 spiro atoms. The fourth-order valence-electron chi connectivity index (χ4n) is 3.25. The molecule has 3 rings (SSSR count). The summed E-state index contributed by atoms with van der Waals surface area (Å²) in [4.78, 5) is 44.2. The highest BCUT2D eigenvalue weighted by molar-refractivity contribution is 6.40. The number of allylic oxidation sites excluding steroid dienone is 3. The second-order valence-electron chi connectivity index (χ2n) is 8.29. The van der Waals surface area contributed by atoms with Gasteiger partial charge in [-0.15, -0.1) is 0 Å². The Bertz CT molecular complexity index is 1120. The molecule has 1 aliphatic rings. The maximum Gasteiger partial charge on any atom is 0.313 e. The van der Waals surface area contributed by atoms with Gasteiger partial charge < -0.3 is 30.4 Å². The van der Waals surface area contributed by atoms with Gasteiger partial charge in [-0.25, -0.2) is 4.98 Å². The van der Waals surface area contributed by atoms with E-state index in [0.717, 1.165) is 22.6 Å². The summed E-state index contributed by atoms with van der Waals surface area (Å²) >= 11 is 0. The summed E-state index contributed by atoms with van der Waals surface area (Å²) in [5, 5.41) is 7.75. The minimum atomic E-state index is -1.29. The number of hydrogen-bond donors (Lipinski definition) is 4. The quantitative estimate of drug-likeness (QED) is 0.438. The van der Waals surface area contributed by atoms with E-state index in [1.807, 2.05) is 19.1 Å². The van der Waals surface area contributed by atoms with Gasteiger partial charge in [0.05, 0.1) is 19.2 Å². The number of carbonyl (C=O) groups is 3. The lowest BCUT2D eigenvalue weighted by molar-refractivity contribution is -0.139. The van der Waals surface area contributed by atoms with Crippen LogP contribution in [0.2, 0.25) is 0 Å². The van der Waals surface area contributed by atoms with Crippen molar-refractivity contribution in [1.82, 2.24) is 20.6 Å². The molecule has 0 saturated heterocycles. The molecule has 34 heavy (non-hydrogen) atoms. The second kappa shape index (κ2) is 10.7. The first-order valence-corrected chi connectivity index (χ1v) is 10.8. The van der Waals surface area contributed by atoms with E-state index in [0.29, 0.717) is 31.0 Å². The molecule has 0 unspecified atom stereocenters. The molecule has 2 heterocycles. The molecule has 4 N–H and O–H groups in total. The van der Waals surface area contributed by atoms with Crippen LogP contribution in [0.15, 0.2) is 48.6 Å². The number of methoxy groups -OCH3 is 1. The number of nitrogens with zero attached hydrogens (tertiary/aromatic N) is 1. The summed E-state index contributed by atoms with van der Waals surface area (Å²) in [6.07, 6.45) is 7.61. The van der Waals surface area contributed by atoms with Crippen molar-refractivity contribution in [2.75, 3.05) is 25.6 Å². The first kappa shape index (κ1) is 24.6. The molecule has 0 aliphatic carbocycles. The Balaban J connectivity index is 1.57. The normalized spacial score (nSPS) is 13.2. The highest BCUT2D eigenvalue weighted by Crippen LogP contribution is 2.31. The van der Waals surface area contributed by atoms with E-state index in [2.05, 4.69) is 25.9 Å². The number of aromatic nitrogens is 2. The molecule has 10 heteroatoms. The van der Waals surface area contributed by atoms with Crippen LogP contribution in [0.5, 0.6) is 5.75 Å². The van der Waals surface area contributed by atoms with E-state index in [-0.39, 0.29) is 0 Å². The van der Waals surface area contributed by atoms with Gasteiger partial charge in [-0.05, 0) is 39.0 Å². The zero-order valence-corrected chi connectivity index (χ0v) is 19.7. The molecule has 0 atom stereocenters. The van der Waals surface area contributed by atoms with Gasteiger partial charge in [0.2, 0.25) is 5.91 Å². The Hall–Kier alpha value is -4.08. The number of carbonyl (C=O) groups excluding carboxylic acids is 3. The summed E-state index contributed by atoms with van der Waals surface area (Å²) in [6, 6.07) is 5.08. The highest BCUT2D eigenvalue weighted by atomic mass is 16.5. The number of ether oxygens (including phenoxy) is 2. The third-order valence-electron chi connectivity index (χ3n) is 5.21. The number of anilines is 1. The van der Waals surface area contributed by atoms with Crippen molar-refractivity contribution in [1.29, 1.82) is 0 Å². The molecule has 1 aliphatic heterocycles. The molecule has 0 fully saturated rings. The number of nitrogens with one attached hydrogen (secondary N) is 4. The molecule has 0 radical (unpaired) electrons. The van der Waals surface area contributed by atoms with Crippen LogP contribution in [0, 0.1) is 0 Å². The lowest BCUT2D eigenvalue weighted by atomic mass is 10.0. The largest absolute Gasteiger partial charge is 0.496 e. The van der Waals surface area contributed by atoms with E-state index in [9.17, 15) is 14.4 Å². The van der Waals surface area contributed by atoms with E-state index in [1.54, 1.807) is 30.7 Å². The fraction of sp³-hybridized carbons (Fsp3) is 0.333. The molecule has 3 amide bonds. The summed E-state index contributed by atoms with van der Waals surface area (Å²) in [6.45, 7) is 5.69. The van der Waals surface area contributed by atoms with Crippen molar-refractivity contribution in [3.8, 4) is 5.75 Å². The van der Waals surface area contributed by atoms with Crippen molar-refractivity contribution < 1.29 is 23.9 Å². The SMILES string of the molecule is COc1cc(NC(=O)C(=O)NC(C)(C)C(=O)NCCc2cnc[nH]2)ccc1C1=CC=C(C)OC1. The van der Waals surface area contributed by atoms with Crippen LogP contribution in [-0.4, -0.2) is 53.5 Å². The Morgan fingerprint density at radius 3 is 2.65 bits per heavy atom. The van der Waals surface area contributed by atoms with E-state index in [1.165, 1.54) is 21.0 Å². The van der Waals surface area contributed by atoms with Crippen LogP contribution in [0.4, 0.5) is 5.69 Å². The van der Waals surface area contributed by atoms with Crippen LogP contribution >= 0.6 is 0 Å². The van der Waals surface area contributed by atoms with Gasteiger partial charge in [-0.1, -0.05) is 6.08 Å². The van der Waals surface area contributed by atoms with E-state index in [4.69, 9.17) is 9.47 Å². The third-order valence-corrected chi connectivity index (χ3v) is 5.21. The third kappa shape index (κ3) is 6.25. The zero-order valence-electron chi connectivity index (χ0n) is 19.7. The van der Waals surface area contributed by atoms with Crippen molar-refractivity contribution >= 4 is 29.0 Å². The Morgan fingerprint density at radius 2 is 2.00 bits per heavy atom. The average Bonchev–Trinajstić information content (AvgIpc) is 3.32. The number of aromatic amines is 1. The van der Waals surface area contributed by atoms with Crippen LogP contribution in [-0.2, 0) is 25.5 Å². The van der Waals surface area contributed by atoms with Gasteiger partial charge in [0.1, 0.15) is 17.9 Å². The smallest absolute Gasteiger partial charge is 0.313 e. The summed E-state index contributed by atoms with van der Waals surface area (Å²) in [5.41, 5.74) is 1.72. The Morgan fingerprint density at radius 1 is 1.21 bits per heavy atom. The minimum Gasteiger partial charge on any atom is -0.496 e.